The first-order chi connectivity index (χ1) is 7.31. The number of hydrogen-bond acceptors (Lipinski definition) is 2. The summed E-state index contributed by atoms with van der Waals surface area (Å²) in [6.45, 7) is 2.35. The number of fused-ring (bicyclic) bond motifs is 5. The second kappa shape index (κ2) is 3.22. The van der Waals surface area contributed by atoms with Crippen LogP contribution in [0.3, 0.4) is 0 Å². The molecule has 4 atom stereocenters. The van der Waals surface area contributed by atoms with Gasteiger partial charge >= 0.3 is 5.97 Å². The minimum absolute atomic E-state index is 0.0737. The van der Waals surface area contributed by atoms with Crippen LogP contribution in [0.5, 0.6) is 0 Å². The van der Waals surface area contributed by atoms with Gasteiger partial charge in [-0.05, 0) is 43.4 Å². The first kappa shape index (κ1) is 9.20. The molecule has 80 valence electrons. The molecule has 0 aromatic rings. The van der Waals surface area contributed by atoms with Gasteiger partial charge in [0.25, 0.3) is 0 Å². The van der Waals surface area contributed by atoms with Crippen LogP contribution in [0.15, 0.2) is 23.8 Å². The average molecular weight is 204 g/mol. The molecule has 2 bridgehead atoms. The summed E-state index contributed by atoms with van der Waals surface area (Å²) in [5.74, 6) is 2.43. The maximum Gasteiger partial charge on any atom is 0.333 e. The molecule has 3 aliphatic carbocycles. The van der Waals surface area contributed by atoms with Crippen molar-refractivity contribution in [2.45, 2.75) is 19.8 Å². The van der Waals surface area contributed by atoms with Gasteiger partial charge in [-0.3, -0.25) is 0 Å². The monoisotopic (exact) mass is 204 g/mol. The Labute approximate surface area is 90.0 Å². The fourth-order valence-corrected chi connectivity index (χ4v) is 3.54. The second-order valence-corrected chi connectivity index (χ2v) is 4.75. The van der Waals surface area contributed by atoms with Crippen molar-refractivity contribution in [3.63, 3.8) is 0 Å². The summed E-state index contributed by atoms with van der Waals surface area (Å²) in [4.78, 5) is 11.7. The highest BCUT2D eigenvalue weighted by Crippen LogP contribution is 2.55. The number of allylic oxidation sites excluding steroid dienone is 3. The molecule has 0 unspecified atom stereocenters. The fraction of sp³-hybridized carbons (Fsp3) is 0.615. The molecule has 0 heterocycles. The highest BCUT2D eigenvalue weighted by molar-refractivity contribution is 5.90. The van der Waals surface area contributed by atoms with Gasteiger partial charge in [-0.15, -0.1) is 0 Å². The van der Waals surface area contributed by atoms with E-state index in [1.807, 2.05) is 6.92 Å². The van der Waals surface area contributed by atoms with E-state index in [0.717, 1.165) is 12.0 Å². The molecule has 0 saturated heterocycles. The molecular weight excluding hydrogens is 188 g/mol. The van der Waals surface area contributed by atoms with Gasteiger partial charge in [0, 0.05) is 5.57 Å². The van der Waals surface area contributed by atoms with E-state index in [-0.39, 0.29) is 5.97 Å². The first-order valence-corrected chi connectivity index (χ1v) is 5.86. The average Bonchev–Trinajstić information content (AvgIpc) is 2.90. The Morgan fingerprint density at radius 1 is 1.60 bits per heavy atom. The van der Waals surface area contributed by atoms with Crippen LogP contribution in [-0.2, 0) is 9.53 Å². The van der Waals surface area contributed by atoms with E-state index in [0.29, 0.717) is 30.3 Å². The number of esters is 1. The number of rotatable bonds is 2. The van der Waals surface area contributed by atoms with Crippen molar-refractivity contribution in [1.82, 2.24) is 0 Å². The van der Waals surface area contributed by atoms with Crippen LogP contribution in [0, 0.1) is 23.7 Å². The predicted molar refractivity (Wildman–Crippen MR) is 57.1 cm³/mol. The zero-order valence-electron chi connectivity index (χ0n) is 8.98. The summed E-state index contributed by atoms with van der Waals surface area (Å²) in [5.41, 5.74) is 0.965. The van der Waals surface area contributed by atoms with Crippen molar-refractivity contribution in [1.29, 1.82) is 0 Å². The SMILES string of the molecule is CCOC(=O)C1=C[C@@H]2C[C@H]1[C@H]1CC=C[C@@H]12. The molecule has 2 heteroatoms. The topological polar surface area (TPSA) is 26.3 Å². The molecule has 1 saturated carbocycles. The molecule has 1 fully saturated rings. The normalized spacial score (nSPS) is 40.5. The van der Waals surface area contributed by atoms with E-state index in [9.17, 15) is 4.79 Å². The highest BCUT2D eigenvalue weighted by Gasteiger charge is 2.50. The second-order valence-electron chi connectivity index (χ2n) is 4.75. The van der Waals surface area contributed by atoms with E-state index in [1.54, 1.807) is 0 Å². The molecule has 0 spiro atoms. The first-order valence-electron chi connectivity index (χ1n) is 5.86. The van der Waals surface area contributed by atoms with E-state index < -0.39 is 0 Å². The summed E-state index contributed by atoms with van der Waals surface area (Å²) < 4.78 is 5.10. The molecule has 3 aliphatic rings. The van der Waals surface area contributed by atoms with Crippen LogP contribution in [0.1, 0.15) is 19.8 Å². The predicted octanol–water partition coefficient (Wildman–Crippen LogP) is 2.32. The molecule has 0 aromatic heterocycles. The van der Waals surface area contributed by atoms with Crippen molar-refractivity contribution in [3.8, 4) is 0 Å². The minimum atomic E-state index is -0.0737. The summed E-state index contributed by atoms with van der Waals surface area (Å²) in [7, 11) is 0. The number of carbonyl (C=O) groups excluding carboxylic acids is 1. The lowest BCUT2D eigenvalue weighted by Gasteiger charge is -2.23. The molecule has 3 rings (SSSR count). The van der Waals surface area contributed by atoms with Crippen molar-refractivity contribution in [2.24, 2.45) is 23.7 Å². The standard InChI is InChI=1S/C13H16O2/c1-2-15-13(14)12-7-8-6-11(12)10-5-3-4-9(8)10/h3-4,7-11H,2,5-6H2,1H3/t8-,9+,10-,11-/m0/s1. The lowest BCUT2D eigenvalue weighted by Crippen LogP contribution is -2.22. The van der Waals surface area contributed by atoms with Gasteiger partial charge in [-0.1, -0.05) is 18.2 Å². The molecule has 0 aromatic carbocycles. The lowest BCUT2D eigenvalue weighted by molar-refractivity contribution is -0.139. The van der Waals surface area contributed by atoms with Gasteiger partial charge in [-0.25, -0.2) is 4.79 Å². The Hall–Kier alpha value is -1.05. The van der Waals surface area contributed by atoms with Crippen molar-refractivity contribution in [3.05, 3.63) is 23.8 Å². The Balaban J connectivity index is 1.82. The number of carbonyl (C=O) groups is 1. The van der Waals surface area contributed by atoms with Gasteiger partial charge in [0.15, 0.2) is 0 Å². The number of ether oxygens (including phenoxy) is 1. The smallest absolute Gasteiger partial charge is 0.333 e. The largest absolute Gasteiger partial charge is 0.463 e. The van der Waals surface area contributed by atoms with Gasteiger partial charge in [0.05, 0.1) is 6.61 Å². The maximum absolute atomic E-state index is 11.7. The quantitative estimate of drug-likeness (QED) is 0.509. The van der Waals surface area contributed by atoms with Crippen LogP contribution in [0.25, 0.3) is 0 Å². The zero-order valence-corrected chi connectivity index (χ0v) is 8.98. The van der Waals surface area contributed by atoms with Crippen LogP contribution < -0.4 is 0 Å². The van der Waals surface area contributed by atoms with Gasteiger partial charge in [-0.2, -0.15) is 0 Å². The minimum Gasteiger partial charge on any atom is -0.463 e. The van der Waals surface area contributed by atoms with Crippen molar-refractivity contribution >= 4 is 5.97 Å². The molecule has 0 radical (unpaired) electrons. The van der Waals surface area contributed by atoms with Crippen LogP contribution >= 0.6 is 0 Å². The van der Waals surface area contributed by atoms with Gasteiger partial charge in [0.1, 0.15) is 0 Å². The van der Waals surface area contributed by atoms with E-state index in [1.165, 1.54) is 6.42 Å². The zero-order chi connectivity index (χ0) is 10.4. The molecule has 0 N–H and O–H groups in total. The molecule has 15 heavy (non-hydrogen) atoms. The molecule has 2 nitrogen and oxygen atoms in total. The third-order valence-corrected chi connectivity index (χ3v) is 4.10. The van der Waals surface area contributed by atoms with E-state index >= 15 is 0 Å². The number of hydrogen-bond donors (Lipinski definition) is 0. The lowest BCUT2D eigenvalue weighted by atomic mass is 9.81. The Morgan fingerprint density at radius 3 is 3.27 bits per heavy atom. The Kier molecular flexibility index (Phi) is 1.98. The summed E-state index contributed by atoms with van der Waals surface area (Å²) in [5, 5.41) is 0. The molecule has 0 aliphatic heterocycles. The Morgan fingerprint density at radius 2 is 2.47 bits per heavy atom. The molecule has 0 amide bonds. The third-order valence-electron chi connectivity index (χ3n) is 4.10. The van der Waals surface area contributed by atoms with Crippen LogP contribution in [-0.4, -0.2) is 12.6 Å². The fourth-order valence-electron chi connectivity index (χ4n) is 3.54. The van der Waals surface area contributed by atoms with E-state index in [2.05, 4.69) is 18.2 Å². The maximum atomic E-state index is 11.7. The molecular formula is C13H16O2. The summed E-state index contributed by atoms with van der Waals surface area (Å²) in [6.07, 6.45) is 9.11. The van der Waals surface area contributed by atoms with Crippen LogP contribution in [0.2, 0.25) is 0 Å². The van der Waals surface area contributed by atoms with Gasteiger partial charge < -0.3 is 4.74 Å². The summed E-state index contributed by atoms with van der Waals surface area (Å²) in [6, 6.07) is 0. The van der Waals surface area contributed by atoms with Crippen LogP contribution in [0.4, 0.5) is 0 Å². The van der Waals surface area contributed by atoms with Gasteiger partial charge in [0.2, 0.25) is 0 Å². The summed E-state index contributed by atoms with van der Waals surface area (Å²) >= 11 is 0. The highest BCUT2D eigenvalue weighted by atomic mass is 16.5. The van der Waals surface area contributed by atoms with Crippen molar-refractivity contribution in [2.75, 3.05) is 6.61 Å². The third kappa shape index (κ3) is 1.20. The van der Waals surface area contributed by atoms with Crippen molar-refractivity contribution < 1.29 is 9.53 Å². The Bertz CT molecular complexity index is 354. The van der Waals surface area contributed by atoms with E-state index in [4.69, 9.17) is 4.74 Å².